The molecular weight excluding hydrogens is 418 g/mol. The van der Waals surface area contributed by atoms with E-state index in [1.165, 1.54) is 0 Å². The molecule has 0 aliphatic heterocycles. The van der Waals surface area contributed by atoms with E-state index in [1.807, 2.05) is 54.6 Å². The van der Waals surface area contributed by atoms with E-state index in [-0.39, 0.29) is 24.7 Å². The molecular formula is C23H20BrNO3. The standard InChI is InChI=1S/C23H20BrNO3/c24-19-12-10-17(11-13-19)14-20(26)16-28-22-9-5-4-8-21(22)23(27)25-15-18-6-2-1-3-7-18/h1-13H,14-16H2,(H,25,27). The van der Waals surface area contributed by atoms with Crippen LogP contribution >= 0.6 is 15.9 Å². The van der Waals surface area contributed by atoms with Gasteiger partial charge in [-0.2, -0.15) is 0 Å². The molecule has 0 heterocycles. The van der Waals surface area contributed by atoms with E-state index in [1.54, 1.807) is 24.3 Å². The highest BCUT2D eigenvalue weighted by Gasteiger charge is 2.13. The van der Waals surface area contributed by atoms with E-state index >= 15 is 0 Å². The lowest BCUT2D eigenvalue weighted by molar-refractivity contribution is -0.120. The third-order valence-electron chi connectivity index (χ3n) is 4.13. The number of halogens is 1. The molecule has 0 bridgehead atoms. The Labute approximate surface area is 172 Å². The van der Waals surface area contributed by atoms with Crippen LogP contribution in [0.1, 0.15) is 21.5 Å². The number of carbonyl (C=O) groups excluding carboxylic acids is 2. The lowest BCUT2D eigenvalue weighted by Crippen LogP contribution is -2.24. The summed E-state index contributed by atoms with van der Waals surface area (Å²) in [5.41, 5.74) is 2.35. The molecule has 4 nitrogen and oxygen atoms in total. The van der Waals surface area contributed by atoms with Gasteiger partial charge in [-0.15, -0.1) is 0 Å². The van der Waals surface area contributed by atoms with Crippen molar-refractivity contribution in [3.8, 4) is 5.75 Å². The van der Waals surface area contributed by atoms with Gasteiger partial charge in [0.2, 0.25) is 0 Å². The number of ether oxygens (including phenoxy) is 1. The van der Waals surface area contributed by atoms with Crippen LogP contribution in [0.5, 0.6) is 5.75 Å². The molecule has 3 aromatic carbocycles. The van der Waals surface area contributed by atoms with Gasteiger partial charge in [-0.05, 0) is 35.4 Å². The molecule has 0 atom stereocenters. The summed E-state index contributed by atoms with van der Waals surface area (Å²) in [7, 11) is 0. The number of rotatable bonds is 8. The highest BCUT2D eigenvalue weighted by atomic mass is 79.9. The molecule has 0 aliphatic carbocycles. The van der Waals surface area contributed by atoms with Gasteiger partial charge in [0.15, 0.2) is 5.78 Å². The van der Waals surface area contributed by atoms with Crippen LogP contribution in [0.2, 0.25) is 0 Å². The number of para-hydroxylation sites is 1. The lowest BCUT2D eigenvalue weighted by atomic mass is 10.1. The number of hydrogen-bond donors (Lipinski definition) is 1. The van der Waals surface area contributed by atoms with Crippen LogP contribution in [0.25, 0.3) is 0 Å². The van der Waals surface area contributed by atoms with Crippen LogP contribution in [0.15, 0.2) is 83.3 Å². The average Bonchev–Trinajstić information content (AvgIpc) is 2.73. The number of benzene rings is 3. The second kappa shape index (κ2) is 9.85. The number of Topliss-reactive ketones (excluding diaryl/α,β-unsaturated/α-hetero) is 1. The van der Waals surface area contributed by atoms with Gasteiger partial charge >= 0.3 is 0 Å². The van der Waals surface area contributed by atoms with E-state index in [4.69, 9.17) is 4.74 Å². The number of amides is 1. The zero-order chi connectivity index (χ0) is 19.8. The highest BCUT2D eigenvalue weighted by Crippen LogP contribution is 2.18. The zero-order valence-electron chi connectivity index (χ0n) is 15.2. The third kappa shape index (κ3) is 5.79. The van der Waals surface area contributed by atoms with E-state index < -0.39 is 0 Å². The van der Waals surface area contributed by atoms with E-state index in [9.17, 15) is 9.59 Å². The smallest absolute Gasteiger partial charge is 0.255 e. The minimum absolute atomic E-state index is 0.0539. The minimum atomic E-state index is -0.236. The highest BCUT2D eigenvalue weighted by molar-refractivity contribution is 9.10. The zero-order valence-corrected chi connectivity index (χ0v) is 16.8. The fourth-order valence-electron chi connectivity index (χ4n) is 2.69. The first-order valence-corrected chi connectivity index (χ1v) is 9.71. The van der Waals surface area contributed by atoms with Crippen molar-refractivity contribution in [3.05, 3.63) is 100 Å². The van der Waals surface area contributed by atoms with Gasteiger partial charge in [0.25, 0.3) is 5.91 Å². The first kappa shape index (κ1) is 19.8. The largest absolute Gasteiger partial charge is 0.485 e. The summed E-state index contributed by atoms with van der Waals surface area (Å²) in [5.74, 6) is 0.110. The molecule has 5 heteroatoms. The number of hydrogen-bond acceptors (Lipinski definition) is 3. The van der Waals surface area contributed by atoms with Crippen LogP contribution in [0.4, 0.5) is 0 Å². The second-order valence-electron chi connectivity index (χ2n) is 6.30. The molecule has 0 aliphatic rings. The molecule has 1 amide bonds. The molecule has 1 N–H and O–H groups in total. The monoisotopic (exact) mass is 437 g/mol. The fraction of sp³-hybridized carbons (Fsp3) is 0.130. The van der Waals surface area contributed by atoms with E-state index in [0.29, 0.717) is 17.9 Å². The second-order valence-corrected chi connectivity index (χ2v) is 7.21. The van der Waals surface area contributed by atoms with Crippen molar-refractivity contribution in [2.75, 3.05) is 6.61 Å². The molecule has 0 saturated heterocycles. The maximum Gasteiger partial charge on any atom is 0.255 e. The van der Waals surface area contributed by atoms with Crippen molar-refractivity contribution in [1.29, 1.82) is 0 Å². The Morgan fingerprint density at radius 2 is 1.50 bits per heavy atom. The number of nitrogens with one attached hydrogen (secondary N) is 1. The Kier molecular flexibility index (Phi) is 6.98. The molecule has 0 fully saturated rings. The molecule has 3 aromatic rings. The quantitative estimate of drug-likeness (QED) is 0.561. The number of carbonyl (C=O) groups is 2. The van der Waals surface area contributed by atoms with Crippen molar-refractivity contribution in [2.24, 2.45) is 0 Å². The molecule has 0 saturated carbocycles. The molecule has 0 radical (unpaired) electrons. The molecule has 0 unspecified atom stereocenters. The Morgan fingerprint density at radius 1 is 0.821 bits per heavy atom. The van der Waals surface area contributed by atoms with E-state index in [2.05, 4.69) is 21.2 Å². The summed E-state index contributed by atoms with van der Waals surface area (Å²) in [6, 6.07) is 24.2. The van der Waals surface area contributed by atoms with Crippen molar-refractivity contribution in [2.45, 2.75) is 13.0 Å². The van der Waals surface area contributed by atoms with Crippen molar-refractivity contribution in [3.63, 3.8) is 0 Å². The normalized spacial score (nSPS) is 10.3. The SMILES string of the molecule is O=C(COc1ccccc1C(=O)NCc1ccccc1)Cc1ccc(Br)cc1. The van der Waals surface area contributed by atoms with Gasteiger partial charge in [-0.3, -0.25) is 9.59 Å². The Balaban J connectivity index is 1.57. The summed E-state index contributed by atoms with van der Waals surface area (Å²) >= 11 is 3.37. The van der Waals surface area contributed by atoms with Crippen LogP contribution in [-0.4, -0.2) is 18.3 Å². The van der Waals surface area contributed by atoms with Crippen LogP contribution in [0, 0.1) is 0 Å². The van der Waals surface area contributed by atoms with Gasteiger partial charge in [0.1, 0.15) is 12.4 Å². The molecule has 0 aromatic heterocycles. The average molecular weight is 438 g/mol. The Hall–Kier alpha value is -2.92. The number of ketones is 1. The van der Waals surface area contributed by atoms with Crippen LogP contribution in [-0.2, 0) is 17.8 Å². The maximum atomic E-state index is 12.5. The first-order chi connectivity index (χ1) is 13.6. The summed E-state index contributed by atoms with van der Waals surface area (Å²) in [6.07, 6.45) is 0.287. The summed E-state index contributed by atoms with van der Waals surface area (Å²) in [4.78, 5) is 24.8. The van der Waals surface area contributed by atoms with Gasteiger partial charge < -0.3 is 10.1 Å². The predicted octanol–water partition coefficient (Wildman–Crippen LogP) is 4.57. The Bertz CT molecular complexity index is 940. The molecule has 0 spiro atoms. The predicted molar refractivity (Wildman–Crippen MR) is 112 cm³/mol. The van der Waals surface area contributed by atoms with Crippen LogP contribution < -0.4 is 10.1 Å². The van der Waals surface area contributed by atoms with Crippen molar-refractivity contribution < 1.29 is 14.3 Å². The van der Waals surface area contributed by atoms with Gasteiger partial charge in [-0.25, -0.2) is 0 Å². The van der Waals surface area contributed by atoms with Crippen LogP contribution in [0.3, 0.4) is 0 Å². The summed E-state index contributed by atoms with van der Waals surface area (Å²) < 4.78 is 6.62. The molecule has 28 heavy (non-hydrogen) atoms. The van der Waals surface area contributed by atoms with Gasteiger partial charge in [0.05, 0.1) is 5.56 Å². The minimum Gasteiger partial charge on any atom is -0.485 e. The first-order valence-electron chi connectivity index (χ1n) is 8.92. The van der Waals surface area contributed by atoms with Gasteiger partial charge in [0, 0.05) is 17.4 Å². The molecule has 142 valence electrons. The molecule has 3 rings (SSSR count). The van der Waals surface area contributed by atoms with Crippen molar-refractivity contribution >= 4 is 27.6 Å². The third-order valence-corrected chi connectivity index (χ3v) is 4.66. The summed E-state index contributed by atoms with van der Waals surface area (Å²) in [6.45, 7) is 0.343. The van der Waals surface area contributed by atoms with Gasteiger partial charge in [-0.1, -0.05) is 70.5 Å². The van der Waals surface area contributed by atoms with Crippen molar-refractivity contribution in [1.82, 2.24) is 5.32 Å². The lowest BCUT2D eigenvalue weighted by Gasteiger charge is -2.11. The topological polar surface area (TPSA) is 55.4 Å². The van der Waals surface area contributed by atoms with E-state index in [0.717, 1.165) is 15.6 Å². The maximum absolute atomic E-state index is 12.5. The fourth-order valence-corrected chi connectivity index (χ4v) is 2.96. The summed E-state index contributed by atoms with van der Waals surface area (Å²) in [5, 5.41) is 2.88. The Morgan fingerprint density at radius 3 is 2.25 bits per heavy atom.